The molecule has 2 heteroatoms. The molecule has 0 aliphatic heterocycles. The molecule has 0 unspecified atom stereocenters. The third-order valence-electron chi connectivity index (χ3n) is 3.41. The number of carbonyl (C=O) groups is 1. The molecule has 0 heterocycles. The lowest BCUT2D eigenvalue weighted by atomic mass is 10.00. The summed E-state index contributed by atoms with van der Waals surface area (Å²) in [5.41, 5.74) is 3.20. The molecule has 2 aromatic rings. The van der Waals surface area contributed by atoms with Crippen LogP contribution in [0.4, 0.5) is 0 Å². The molecule has 0 N–H and O–H groups in total. The van der Waals surface area contributed by atoms with Crippen LogP contribution in [0.15, 0.2) is 48.5 Å². The van der Waals surface area contributed by atoms with Gasteiger partial charge in [-0.3, -0.25) is 4.79 Å². The highest BCUT2D eigenvalue weighted by Crippen LogP contribution is 2.17. The number of benzene rings is 2. The van der Waals surface area contributed by atoms with E-state index in [0.29, 0.717) is 6.42 Å². The van der Waals surface area contributed by atoms with Crippen molar-refractivity contribution in [3.05, 3.63) is 65.2 Å². The van der Waals surface area contributed by atoms with Crippen molar-refractivity contribution < 1.29 is 9.53 Å². The Morgan fingerprint density at radius 3 is 2.57 bits per heavy atom. The summed E-state index contributed by atoms with van der Waals surface area (Å²) >= 11 is 0. The van der Waals surface area contributed by atoms with Crippen molar-refractivity contribution in [1.29, 1.82) is 0 Å². The Balaban J connectivity index is 2.02. The summed E-state index contributed by atoms with van der Waals surface area (Å²) in [5, 5.41) is 0. The van der Waals surface area contributed by atoms with Crippen LogP contribution in [0.3, 0.4) is 0 Å². The van der Waals surface area contributed by atoms with Crippen molar-refractivity contribution in [3.8, 4) is 5.75 Å². The molecule has 0 amide bonds. The molecule has 0 aliphatic rings. The molecule has 0 spiro atoms. The minimum Gasteiger partial charge on any atom is -0.491 e. The smallest absolute Gasteiger partial charge is 0.163 e. The zero-order valence-electron chi connectivity index (χ0n) is 12.9. The average Bonchev–Trinajstić information content (AvgIpc) is 2.45. The quantitative estimate of drug-likeness (QED) is 0.724. The summed E-state index contributed by atoms with van der Waals surface area (Å²) < 4.78 is 5.63. The van der Waals surface area contributed by atoms with Crippen LogP contribution in [0.25, 0.3) is 0 Å². The molecule has 21 heavy (non-hydrogen) atoms. The van der Waals surface area contributed by atoms with Gasteiger partial charge < -0.3 is 4.74 Å². The SMILES string of the molecule is Cc1ccccc1CCC(=O)c1cccc(OC(C)C)c1. The summed E-state index contributed by atoms with van der Waals surface area (Å²) in [6, 6.07) is 15.7. The molecular formula is C19H22O2. The third kappa shape index (κ3) is 4.45. The first-order valence-corrected chi connectivity index (χ1v) is 7.40. The number of Topliss-reactive ketones (excluding diaryl/α,β-unsaturated/α-hetero) is 1. The Labute approximate surface area is 126 Å². The van der Waals surface area contributed by atoms with E-state index in [9.17, 15) is 4.79 Å². The topological polar surface area (TPSA) is 26.3 Å². The van der Waals surface area contributed by atoms with Gasteiger partial charge in [0, 0.05) is 12.0 Å². The fraction of sp³-hybridized carbons (Fsp3) is 0.316. The van der Waals surface area contributed by atoms with Crippen LogP contribution in [0.5, 0.6) is 5.75 Å². The normalized spacial score (nSPS) is 10.7. The van der Waals surface area contributed by atoms with Crippen LogP contribution in [0, 0.1) is 6.92 Å². The summed E-state index contributed by atoms with van der Waals surface area (Å²) in [7, 11) is 0. The van der Waals surface area contributed by atoms with E-state index >= 15 is 0 Å². The van der Waals surface area contributed by atoms with Crippen LogP contribution in [-0.2, 0) is 6.42 Å². The monoisotopic (exact) mass is 282 g/mol. The van der Waals surface area contributed by atoms with Crippen molar-refractivity contribution in [1.82, 2.24) is 0 Å². The summed E-state index contributed by atoms with van der Waals surface area (Å²) in [6.45, 7) is 6.04. The Hall–Kier alpha value is -2.09. The maximum absolute atomic E-state index is 12.3. The van der Waals surface area contributed by atoms with Crippen LogP contribution in [-0.4, -0.2) is 11.9 Å². The van der Waals surface area contributed by atoms with Crippen molar-refractivity contribution >= 4 is 5.78 Å². The molecule has 0 fully saturated rings. The van der Waals surface area contributed by atoms with E-state index in [2.05, 4.69) is 19.1 Å². The van der Waals surface area contributed by atoms with Gasteiger partial charge in [0.15, 0.2) is 5.78 Å². The maximum atomic E-state index is 12.3. The first-order chi connectivity index (χ1) is 10.1. The van der Waals surface area contributed by atoms with Crippen LogP contribution < -0.4 is 4.74 Å². The lowest BCUT2D eigenvalue weighted by Gasteiger charge is -2.10. The van der Waals surface area contributed by atoms with Gasteiger partial charge in [-0.1, -0.05) is 36.4 Å². The first kappa shape index (κ1) is 15.3. The third-order valence-corrected chi connectivity index (χ3v) is 3.41. The van der Waals surface area contributed by atoms with Gasteiger partial charge in [0.1, 0.15) is 5.75 Å². The standard InChI is InChI=1S/C19H22O2/c1-14(2)21-18-10-6-9-17(13-18)19(20)12-11-16-8-5-4-7-15(16)3/h4-10,13-14H,11-12H2,1-3H3. The van der Waals surface area contributed by atoms with Gasteiger partial charge in [-0.25, -0.2) is 0 Å². The molecule has 0 bridgehead atoms. The molecule has 0 radical (unpaired) electrons. The highest BCUT2D eigenvalue weighted by atomic mass is 16.5. The molecular weight excluding hydrogens is 260 g/mol. The molecule has 2 rings (SSSR count). The fourth-order valence-corrected chi connectivity index (χ4v) is 2.30. The molecule has 0 aromatic heterocycles. The largest absolute Gasteiger partial charge is 0.491 e. The molecule has 2 nitrogen and oxygen atoms in total. The molecule has 0 aliphatic carbocycles. The summed E-state index contributed by atoms with van der Waals surface area (Å²) in [6.07, 6.45) is 1.42. The van der Waals surface area contributed by atoms with E-state index in [1.54, 1.807) is 0 Å². The lowest BCUT2D eigenvalue weighted by molar-refractivity contribution is 0.0982. The molecule has 0 saturated heterocycles. The second-order valence-electron chi connectivity index (χ2n) is 5.54. The number of aryl methyl sites for hydroxylation is 2. The second kappa shape index (κ2) is 7.07. The fourth-order valence-electron chi connectivity index (χ4n) is 2.30. The number of rotatable bonds is 6. The van der Waals surface area contributed by atoms with Gasteiger partial charge in [0.2, 0.25) is 0 Å². The van der Waals surface area contributed by atoms with Gasteiger partial charge in [0.05, 0.1) is 6.10 Å². The Kier molecular flexibility index (Phi) is 5.15. The van der Waals surface area contributed by atoms with E-state index in [-0.39, 0.29) is 11.9 Å². The van der Waals surface area contributed by atoms with E-state index in [1.165, 1.54) is 11.1 Å². The number of carbonyl (C=O) groups excluding carboxylic acids is 1. The maximum Gasteiger partial charge on any atom is 0.163 e. The van der Waals surface area contributed by atoms with Gasteiger partial charge >= 0.3 is 0 Å². The summed E-state index contributed by atoms with van der Waals surface area (Å²) in [5.74, 6) is 0.916. The van der Waals surface area contributed by atoms with Gasteiger partial charge in [-0.2, -0.15) is 0 Å². The van der Waals surface area contributed by atoms with E-state index in [4.69, 9.17) is 4.74 Å². The predicted molar refractivity (Wildman–Crippen MR) is 86.0 cm³/mol. The highest BCUT2D eigenvalue weighted by molar-refractivity contribution is 5.96. The van der Waals surface area contributed by atoms with Crippen molar-refractivity contribution in [3.63, 3.8) is 0 Å². The van der Waals surface area contributed by atoms with Crippen molar-refractivity contribution in [2.75, 3.05) is 0 Å². The highest BCUT2D eigenvalue weighted by Gasteiger charge is 2.09. The van der Waals surface area contributed by atoms with Gasteiger partial charge in [0.25, 0.3) is 0 Å². The molecule has 2 aromatic carbocycles. The number of ketones is 1. The second-order valence-corrected chi connectivity index (χ2v) is 5.54. The minimum absolute atomic E-state index is 0.113. The van der Waals surface area contributed by atoms with Gasteiger partial charge in [-0.15, -0.1) is 0 Å². The average molecular weight is 282 g/mol. The molecule has 0 saturated carbocycles. The number of hydrogen-bond donors (Lipinski definition) is 0. The van der Waals surface area contributed by atoms with E-state index in [0.717, 1.165) is 17.7 Å². The van der Waals surface area contributed by atoms with E-state index in [1.807, 2.05) is 50.2 Å². The van der Waals surface area contributed by atoms with Crippen molar-refractivity contribution in [2.24, 2.45) is 0 Å². The zero-order chi connectivity index (χ0) is 15.2. The Morgan fingerprint density at radius 1 is 1.10 bits per heavy atom. The lowest BCUT2D eigenvalue weighted by Crippen LogP contribution is -2.07. The van der Waals surface area contributed by atoms with Crippen molar-refractivity contribution in [2.45, 2.75) is 39.7 Å². The number of ether oxygens (including phenoxy) is 1. The molecule has 110 valence electrons. The zero-order valence-corrected chi connectivity index (χ0v) is 12.9. The van der Waals surface area contributed by atoms with Crippen LogP contribution in [0.2, 0.25) is 0 Å². The first-order valence-electron chi connectivity index (χ1n) is 7.40. The summed E-state index contributed by atoms with van der Waals surface area (Å²) in [4.78, 5) is 12.3. The van der Waals surface area contributed by atoms with E-state index < -0.39 is 0 Å². The predicted octanol–water partition coefficient (Wildman–Crippen LogP) is 4.60. The van der Waals surface area contributed by atoms with Gasteiger partial charge in [-0.05, 0) is 50.5 Å². The molecule has 0 atom stereocenters. The Morgan fingerprint density at radius 2 is 1.86 bits per heavy atom. The minimum atomic E-state index is 0.113. The van der Waals surface area contributed by atoms with Crippen LogP contribution >= 0.6 is 0 Å². The number of hydrogen-bond acceptors (Lipinski definition) is 2. The Bertz CT molecular complexity index is 614. The van der Waals surface area contributed by atoms with Crippen LogP contribution in [0.1, 0.15) is 41.8 Å².